The number of hydrogen-bond acceptors (Lipinski definition) is 5. The lowest BCUT2D eigenvalue weighted by atomic mass is 9.96. The summed E-state index contributed by atoms with van der Waals surface area (Å²) in [5.41, 5.74) is 0.723. The van der Waals surface area contributed by atoms with Crippen molar-refractivity contribution in [1.82, 2.24) is 14.3 Å². The number of sulfonamides is 1. The summed E-state index contributed by atoms with van der Waals surface area (Å²) in [5.74, 6) is 0.767. The van der Waals surface area contributed by atoms with Crippen molar-refractivity contribution in [3.63, 3.8) is 0 Å². The molecule has 24 heavy (non-hydrogen) atoms. The molecule has 8 heteroatoms. The molecule has 1 aliphatic heterocycles. The van der Waals surface area contributed by atoms with E-state index in [0.29, 0.717) is 17.8 Å². The molecular formula is C16H21FN4O2S. The van der Waals surface area contributed by atoms with E-state index in [1.54, 1.807) is 13.1 Å². The van der Waals surface area contributed by atoms with Crippen LogP contribution in [0.3, 0.4) is 0 Å². The zero-order valence-electron chi connectivity index (χ0n) is 13.8. The Balaban J connectivity index is 1.72. The first kappa shape index (κ1) is 17.0. The van der Waals surface area contributed by atoms with Crippen molar-refractivity contribution in [1.29, 1.82) is 0 Å². The summed E-state index contributed by atoms with van der Waals surface area (Å²) in [6.45, 7) is 2.07. The molecule has 0 unspecified atom stereocenters. The minimum atomic E-state index is -3.14. The van der Waals surface area contributed by atoms with Crippen molar-refractivity contribution in [2.24, 2.45) is 5.92 Å². The van der Waals surface area contributed by atoms with Gasteiger partial charge in [0, 0.05) is 32.1 Å². The number of benzene rings is 1. The number of anilines is 1. The van der Waals surface area contributed by atoms with Crippen molar-refractivity contribution < 1.29 is 12.8 Å². The monoisotopic (exact) mass is 352 g/mol. The molecule has 1 aromatic heterocycles. The molecule has 1 saturated heterocycles. The molecule has 0 saturated carbocycles. The van der Waals surface area contributed by atoms with Gasteiger partial charge in [0.1, 0.15) is 18.0 Å². The number of nitrogens with zero attached hydrogens (tertiary/aromatic N) is 4. The molecule has 2 aromatic rings. The van der Waals surface area contributed by atoms with Gasteiger partial charge in [-0.1, -0.05) is 0 Å². The number of fused-ring (bicyclic) bond motifs is 1. The highest BCUT2D eigenvalue weighted by atomic mass is 32.2. The van der Waals surface area contributed by atoms with Crippen LogP contribution in [-0.4, -0.2) is 55.6 Å². The second-order valence-electron chi connectivity index (χ2n) is 6.33. The van der Waals surface area contributed by atoms with Gasteiger partial charge in [-0.15, -0.1) is 0 Å². The second-order valence-corrected chi connectivity index (χ2v) is 8.42. The van der Waals surface area contributed by atoms with E-state index in [1.807, 2.05) is 0 Å². The Bertz CT molecular complexity index is 835. The number of hydrogen-bond donors (Lipinski definition) is 0. The highest BCUT2D eigenvalue weighted by Crippen LogP contribution is 2.28. The largest absolute Gasteiger partial charge is 0.356 e. The molecule has 0 amide bonds. The molecule has 3 rings (SSSR count). The van der Waals surface area contributed by atoms with E-state index in [4.69, 9.17) is 0 Å². The van der Waals surface area contributed by atoms with E-state index in [9.17, 15) is 12.8 Å². The SMILES string of the molecule is CN(CC1CCN(c2ncnc3ccc(F)cc23)CC1)S(C)(=O)=O. The molecule has 0 spiro atoms. The van der Waals surface area contributed by atoms with Crippen LogP contribution in [0.1, 0.15) is 12.8 Å². The second kappa shape index (κ2) is 6.60. The summed E-state index contributed by atoms with van der Waals surface area (Å²) in [6, 6.07) is 4.52. The molecule has 0 bridgehead atoms. The topological polar surface area (TPSA) is 66.4 Å². The Morgan fingerprint density at radius 3 is 2.67 bits per heavy atom. The summed E-state index contributed by atoms with van der Waals surface area (Å²) in [7, 11) is -1.53. The first-order chi connectivity index (χ1) is 11.3. The third kappa shape index (κ3) is 3.64. The molecule has 0 aliphatic carbocycles. The Morgan fingerprint density at radius 2 is 2.00 bits per heavy atom. The molecule has 1 fully saturated rings. The number of halogens is 1. The molecule has 1 aromatic carbocycles. The molecule has 0 N–H and O–H groups in total. The van der Waals surface area contributed by atoms with E-state index in [1.165, 1.54) is 29.0 Å². The fourth-order valence-electron chi connectivity index (χ4n) is 3.09. The molecule has 0 radical (unpaired) electrons. The van der Waals surface area contributed by atoms with Gasteiger partial charge in [-0.25, -0.2) is 27.1 Å². The van der Waals surface area contributed by atoms with E-state index in [-0.39, 0.29) is 5.82 Å². The maximum atomic E-state index is 13.6. The summed E-state index contributed by atoms with van der Waals surface area (Å²) in [4.78, 5) is 10.6. The third-order valence-corrected chi connectivity index (χ3v) is 5.85. The van der Waals surface area contributed by atoms with Crippen molar-refractivity contribution in [2.45, 2.75) is 12.8 Å². The van der Waals surface area contributed by atoms with Crippen LogP contribution < -0.4 is 4.90 Å². The molecular weight excluding hydrogens is 331 g/mol. The first-order valence-corrected chi connectivity index (χ1v) is 9.76. The van der Waals surface area contributed by atoms with Gasteiger partial charge in [-0.3, -0.25) is 0 Å². The minimum Gasteiger partial charge on any atom is -0.356 e. The van der Waals surface area contributed by atoms with Crippen LogP contribution in [0.15, 0.2) is 24.5 Å². The van der Waals surface area contributed by atoms with E-state index in [2.05, 4.69) is 14.9 Å². The molecule has 0 atom stereocenters. The summed E-state index contributed by atoms with van der Waals surface area (Å²) < 4.78 is 38.0. The van der Waals surface area contributed by atoms with Crippen LogP contribution in [-0.2, 0) is 10.0 Å². The standard InChI is InChI=1S/C16H21FN4O2S/c1-20(24(2,22)23)10-12-5-7-21(8-6-12)16-14-9-13(17)3-4-15(14)18-11-19-16/h3-4,9,11-12H,5-8,10H2,1-2H3. The Hall–Kier alpha value is -1.80. The van der Waals surface area contributed by atoms with Gasteiger partial charge in [0.05, 0.1) is 11.8 Å². The molecule has 130 valence electrons. The zero-order chi connectivity index (χ0) is 17.3. The van der Waals surface area contributed by atoms with Crippen LogP contribution in [0.2, 0.25) is 0 Å². The zero-order valence-corrected chi connectivity index (χ0v) is 14.6. The van der Waals surface area contributed by atoms with Gasteiger partial charge < -0.3 is 4.90 Å². The smallest absolute Gasteiger partial charge is 0.210 e. The average molecular weight is 352 g/mol. The minimum absolute atomic E-state index is 0.303. The highest BCUT2D eigenvalue weighted by Gasteiger charge is 2.24. The fraction of sp³-hybridized carbons (Fsp3) is 0.500. The Morgan fingerprint density at radius 1 is 1.29 bits per heavy atom. The van der Waals surface area contributed by atoms with E-state index < -0.39 is 10.0 Å². The lowest BCUT2D eigenvalue weighted by Crippen LogP contribution is -2.39. The van der Waals surface area contributed by atoms with Crippen LogP contribution in [0.5, 0.6) is 0 Å². The maximum absolute atomic E-state index is 13.6. The van der Waals surface area contributed by atoms with Crippen LogP contribution in [0.25, 0.3) is 10.9 Å². The predicted molar refractivity (Wildman–Crippen MR) is 91.9 cm³/mol. The average Bonchev–Trinajstić information content (AvgIpc) is 2.54. The van der Waals surface area contributed by atoms with Crippen LogP contribution >= 0.6 is 0 Å². The van der Waals surface area contributed by atoms with Crippen LogP contribution in [0.4, 0.5) is 10.2 Å². The van der Waals surface area contributed by atoms with Gasteiger partial charge in [0.2, 0.25) is 10.0 Å². The summed E-state index contributed by atoms with van der Waals surface area (Å²) >= 11 is 0. The lowest BCUT2D eigenvalue weighted by Gasteiger charge is -2.34. The van der Waals surface area contributed by atoms with Gasteiger partial charge in [-0.2, -0.15) is 0 Å². The highest BCUT2D eigenvalue weighted by molar-refractivity contribution is 7.88. The van der Waals surface area contributed by atoms with E-state index >= 15 is 0 Å². The van der Waals surface area contributed by atoms with Crippen molar-refractivity contribution in [3.05, 3.63) is 30.3 Å². The molecule has 1 aliphatic rings. The Kier molecular flexibility index (Phi) is 4.69. The third-order valence-electron chi connectivity index (χ3n) is 4.57. The summed E-state index contributed by atoms with van der Waals surface area (Å²) in [5, 5.41) is 0.712. The quantitative estimate of drug-likeness (QED) is 0.840. The lowest BCUT2D eigenvalue weighted by molar-refractivity contribution is 0.329. The Labute approximate surface area is 141 Å². The van der Waals surface area contributed by atoms with Gasteiger partial charge in [-0.05, 0) is 37.0 Å². The van der Waals surface area contributed by atoms with Crippen molar-refractivity contribution in [3.8, 4) is 0 Å². The molecule has 2 heterocycles. The van der Waals surface area contributed by atoms with Gasteiger partial charge in [0.25, 0.3) is 0 Å². The van der Waals surface area contributed by atoms with Gasteiger partial charge >= 0.3 is 0 Å². The number of piperidine rings is 1. The summed E-state index contributed by atoms with van der Waals surface area (Å²) in [6.07, 6.45) is 4.48. The fourth-order valence-corrected chi connectivity index (χ4v) is 3.58. The number of aromatic nitrogens is 2. The first-order valence-electron chi connectivity index (χ1n) is 7.91. The predicted octanol–water partition coefficient (Wildman–Crippen LogP) is 1.88. The number of rotatable bonds is 4. The van der Waals surface area contributed by atoms with Crippen molar-refractivity contribution >= 4 is 26.7 Å². The molecule has 6 nitrogen and oxygen atoms in total. The maximum Gasteiger partial charge on any atom is 0.210 e. The van der Waals surface area contributed by atoms with Crippen molar-refractivity contribution in [2.75, 3.05) is 37.8 Å². The van der Waals surface area contributed by atoms with E-state index in [0.717, 1.165) is 37.3 Å². The van der Waals surface area contributed by atoms with Gasteiger partial charge in [0.15, 0.2) is 0 Å². The van der Waals surface area contributed by atoms with Crippen LogP contribution in [0, 0.1) is 11.7 Å². The normalized spacial score (nSPS) is 16.9.